The Hall–Kier alpha value is -2.08. The van der Waals surface area contributed by atoms with Gasteiger partial charge in [0.05, 0.1) is 10.6 Å². The molecular formula is C17H12FNO2S. The highest BCUT2D eigenvalue weighted by atomic mass is 32.1. The summed E-state index contributed by atoms with van der Waals surface area (Å²) < 4.78 is 13.4. The van der Waals surface area contributed by atoms with Crippen molar-refractivity contribution in [3.05, 3.63) is 76.0 Å². The molecule has 0 amide bonds. The lowest BCUT2D eigenvalue weighted by Gasteiger charge is -2.24. The van der Waals surface area contributed by atoms with E-state index >= 15 is 0 Å². The van der Waals surface area contributed by atoms with Crippen LogP contribution in [0.1, 0.15) is 33.9 Å². The Balaban J connectivity index is 1.87. The minimum Gasteiger partial charge on any atom is -0.383 e. The summed E-state index contributed by atoms with van der Waals surface area (Å²) in [7, 11) is 0. The monoisotopic (exact) mass is 313 g/mol. The van der Waals surface area contributed by atoms with Crippen LogP contribution < -0.4 is 0 Å². The highest BCUT2D eigenvalue weighted by Gasteiger charge is 2.34. The third-order valence-electron chi connectivity index (χ3n) is 3.85. The van der Waals surface area contributed by atoms with Gasteiger partial charge in [0.2, 0.25) is 0 Å². The molecule has 2 unspecified atom stereocenters. The van der Waals surface area contributed by atoms with Crippen molar-refractivity contribution in [1.29, 1.82) is 0 Å². The van der Waals surface area contributed by atoms with E-state index in [2.05, 4.69) is 4.98 Å². The molecule has 3 nitrogen and oxygen atoms in total. The lowest BCUT2D eigenvalue weighted by atomic mass is 9.89. The van der Waals surface area contributed by atoms with Crippen LogP contribution in [0.3, 0.4) is 0 Å². The second kappa shape index (κ2) is 4.98. The van der Waals surface area contributed by atoms with Gasteiger partial charge in [-0.05, 0) is 23.3 Å². The van der Waals surface area contributed by atoms with Gasteiger partial charge in [-0.15, -0.1) is 11.3 Å². The van der Waals surface area contributed by atoms with Crippen LogP contribution in [0.4, 0.5) is 4.39 Å². The molecule has 0 bridgehead atoms. The second-order valence-electron chi connectivity index (χ2n) is 5.21. The van der Waals surface area contributed by atoms with Crippen molar-refractivity contribution in [1.82, 2.24) is 4.98 Å². The van der Waals surface area contributed by atoms with Gasteiger partial charge in [0, 0.05) is 5.56 Å². The molecule has 3 aromatic rings. The van der Waals surface area contributed by atoms with Crippen molar-refractivity contribution in [2.24, 2.45) is 0 Å². The van der Waals surface area contributed by atoms with E-state index in [1.54, 1.807) is 0 Å². The smallest absolute Gasteiger partial charge is 0.124 e. The summed E-state index contributed by atoms with van der Waals surface area (Å²) in [5, 5.41) is 21.7. The first-order valence-electron chi connectivity index (χ1n) is 6.86. The van der Waals surface area contributed by atoms with Crippen LogP contribution >= 0.6 is 11.3 Å². The van der Waals surface area contributed by atoms with Gasteiger partial charge >= 0.3 is 0 Å². The lowest BCUT2D eigenvalue weighted by Crippen LogP contribution is -2.16. The summed E-state index contributed by atoms with van der Waals surface area (Å²) in [5.74, 6) is -0.429. The zero-order valence-corrected chi connectivity index (χ0v) is 12.2. The number of aliphatic hydroxyl groups excluding tert-OH is 2. The first kappa shape index (κ1) is 13.6. The molecule has 110 valence electrons. The first-order valence-corrected chi connectivity index (χ1v) is 7.68. The highest BCUT2D eigenvalue weighted by molar-refractivity contribution is 7.15. The van der Waals surface area contributed by atoms with Gasteiger partial charge in [-0.25, -0.2) is 9.37 Å². The largest absolute Gasteiger partial charge is 0.383 e. The van der Waals surface area contributed by atoms with Crippen molar-refractivity contribution in [3.63, 3.8) is 0 Å². The SMILES string of the molecule is OC1c2ccc(F)cc2C(O)c2sc(-c3ccccc3)nc21. The van der Waals surface area contributed by atoms with Gasteiger partial charge in [0.15, 0.2) is 0 Å². The number of rotatable bonds is 1. The van der Waals surface area contributed by atoms with Crippen LogP contribution in [-0.4, -0.2) is 15.2 Å². The topological polar surface area (TPSA) is 53.4 Å². The molecule has 2 N–H and O–H groups in total. The second-order valence-corrected chi connectivity index (χ2v) is 6.24. The maximum absolute atomic E-state index is 13.4. The van der Waals surface area contributed by atoms with E-state index in [9.17, 15) is 14.6 Å². The van der Waals surface area contributed by atoms with Gasteiger partial charge in [0.25, 0.3) is 0 Å². The van der Waals surface area contributed by atoms with Crippen molar-refractivity contribution >= 4 is 11.3 Å². The lowest BCUT2D eigenvalue weighted by molar-refractivity contribution is 0.173. The summed E-state index contributed by atoms with van der Waals surface area (Å²) >= 11 is 1.33. The molecule has 1 aromatic heterocycles. The number of hydrogen-bond acceptors (Lipinski definition) is 4. The van der Waals surface area contributed by atoms with Crippen molar-refractivity contribution < 1.29 is 14.6 Å². The van der Waals surface area contributed by atoms with Gasteiger partial charge in [-0.3, -0.25) is 0 Å². The molecule has 0 radical (unpaired) electrons. The third kappa shape index (κ3) is 1.98. The predicted molar refractivity (Wildman–Crippen MR) is 82.1 cm³/mol. The average Bonchev–Trinajstić information content (AvgIpc) is 2.99. The summed E-state index contributed by atoms with van der Waals surface area (Å²) in [6.07, 6.45) is -1.90. The molecular weight excluding hydrogens is 301 g/mol. The molecule has 4 rings (SSSR count). The number of nitrogens with zero attached hydrogens (tertiary/aromatic N) is 1. The van der Waals surface area contributed by atoms with Crippen LogP contribution in [0.5, 0.6) is 0 Å². The first-order chi connectivity index (χ1) is 10.6. The zero-order chi connectivity index (χ0) is 15.3. The van der Waals surface area contributed by atoms with E-state index in [1.807, 2.05) is 30.3 Å². The molecule has 1 aliphatic carbocycles. The van der Waals surface area contributed by atoms with E-state index in [0.29, 0.717) is 21.7 Å². The molecule has 1 heterocycles. The minimum absolute atomic E-state index is 0.406. The van der Waals surface area contributed by atoms with Gasteiger partial charge < -0.3 is 10.2 Å². The Morgan fingerprint density at radius 3 is 2.50 bits per heavy atom. The van der Waals surface area contributed by atoms with Crippen molar-refractivity contribution in [3.8, 4) is 10.6 Å². The number of thiazole rings is 1. The van der Waals surface area contributed by atoms with E-state index < -0.39 is 18.0 Å². The highest BCUT2D eigenvalue weighted by Crippen LogP contribution is 2.45. The van der Waals surface area contributed by atoms with Gasteiger partial charge in [-0.2, -0.15) is 0 Å². The van der Waals surface area contributed by atoms with Crippen LogP contribution in [0.15, 0.2) is 48.5 Å². The molecule has 0 saturated heterocycles. The van der Waals surface area contributed by atoms with E-state index in [-0.39, 0.29) is 0 Å². The molecule has 2 atom stereocenters. The van der Waals surface area contributed by atoms with E-state index in [0.717, 1.165) is 10.6 Å². The molecule has 0 spiro atoms. The molecule has 22 heavy (non-hydrogen) atoms. The molecule has 0 saturated carbocycles. The van der Waals surface area contributed by atoms with E-state index in [1.165, 1.54) is 29.5 Å². The molecule has 2 aromatic carbocycles. The van der Waals surface area contributed by atoms with E-state index in [4.69, 9.17) is 0 Å². The summed E-state index contributed by atoms with van der Waals surface area (Å²) in [4.78, 5) is 5.06. The Labute approximate surface area is 130 Å². The van der Waals surface area contributed by atoms with Crippen molar-refractivity contribution in [2.75, 3.05) is 0 Å². The van der Waals surface area contributed by atoms with Crippen LogP contribution in [0.25, 0.3) is 10.6 Å². The van der Waals surface area contributed by atoms with Gasteiger partial charge in [-0.1, -0.05) is 36.4 Å². The quantitative estimate of drug-likeness (QED) is 0.724. The van der Waals surface area contributed by atoms with Crippen molar-refractivity contribution in [2.45, 2.75) is 12.2 Å². The Morgan fingerprint density at radius 2 is 1.73 bits per heavy atom. The standard InChI is InChI=1S/C17H12FNO2S/c18-10-6-7-11-12(8-10)15(21)16-13(14(11)20)19-17(22-16)9-4-2-1-3-5-9/h1-8,14-15,20-21H. The molecule has 0 aliphatic heterocycles. The molecule has 1 aliphatic rings. The summed E-state index contributed by atoms with van der Waals surface area (Å²) in [5.41, 5.74) is 2.29. The number of hydrogen-bond donors (Lipinski definition) is 2. The summed E-state index contributed by atoms with van der Waals surface area (Å²) in [6.45, 7) is 0. The Morgan fingerprint density at radius 1 is 0.955 bits per heavy atom. The third-order valence-corrected chi connectivity index (χ3v) is 5.02. The van der Waals surface area contributed by atoms with Gasteiger partial charge in [0.1, 0.15) is 23.0 Å². The molecule has 0 fully saturated rings. The molecule has 5 heteroatoms. The number of aromatic nitrogens is 1. The summed E-state index contributed by atoms with van der Waals surface area (Å²) in [6, 6.07) is 13.6. The number of fused-ring (bicyclic) bond motifs is 2. The Bertz CT molecular complexity index is 847. The van der Waals surface area contributed by atoms with Crippen LogP contribution in [0, 0.1) is 5.82 Å². The fourth-order valence-corrected chi connectivity index (χ4v) is 3.87. The van der Waals surface area contributed by atoms with Crippen LogP contribution in [0.2, 0.25) is 0 Å². The normalized spacial score (nSPS) is 19.6. The average molecular weight is 313 g/mol. The predicted octanol–water partition coefficient (Wildman–Crippen LogP) is 3.43. The number of aliphatic hydroxyl groups is 2. The fraction of sp³-hybridized carbons (Fsp3) is 0.118. The zero-order valence-electron chi connectivity index (χ0n) is 11.4. The Kier molecular flexibility index (Phi) is 3.07. The van der Waals surface area contributed by atoms with Crippen LogP contribution in [-0.2, 0) is 0 Å². The minimum atomic E-state index is -0.959. The number of benzene rings is 2. The number of halogens is 1. The maximum atomic E-state index is 13.4. The maximum Gasteiger partial charge on any atom is 0.124 e. The fourth-order valence-electron chi connectivity index (χ4n) is 2.76.